The monoisotopic (exact) mass is 263 g/mol. The summed E-state index contributed by atoms with van der Waals surface area (Å²) in [4.78, 5) is 25.0. The van der Waals surface area contributed by atoms with Crippen molar-refractivity contribution in [3.8, 4) is 0 Å². The van der Waals surface area contributed by atoms with Gasteiger partial charge in [-0.25, -0.2) is 4.79 Å². The molecule has 1 saturated heterocycles. The van der Waals surface area contributed by atoms with E-state index in [-0.39, 0.29) is 24.0 Å². The molecule has 0 bridgehead atoms. The van der Waals surface area contributed by atoms with Crippen molar-refractivity contribution in [3.63, 3.8) is 0 Å². The van der Waals surface area contributed by atoms with Crippen LogP contribution in [0.15, 0.2) is 24.3 Å². The fraction of sp³-hybridized carbons (Fsp3) is 0.429. The molecule has 1 unspecified atom stereocenters. The first-order valence-corrected chi connectivity index (χ1v) is 6.28. The number of benzene rings is 1. The van der Waals surface area contributed by atoms with E-state index >= 15 is 0 Å². The van der Waals surface area contributed by atoms with Gasteiger partial charge in [0.25, 0.3) is 0 Å². The van der Waals surface area contributed by atoms with Gasteiger partial charge in [0, 0.05) is 13.1 Å². The minimum Gasteiger partial charge on any atom is -0.478 e. The largest absolute Gasteiger partial charge is 0.478 e. The van der Waals surface area contributed by atoms with Crippen molar-refractivity contribution in [2.75, 3.05) is 19.7 Å². The number of ether oxygens (including phenoxy) is 1. The van der Waals surface area contributed by atoms with Gasteiger partial charge in [0.2, 0.25) is 5.91 Å². The van der Waals surface area contributed by atoms with Crippen LogP contribution in [0.5, 0.6) is 0 Å². The SMILES string of the molecule is CC1CN(C(=O)Cc2ccccc2C(=O)O)CCO1. The van der Waals surface area contributed by atoms with Gasteiger partial charge in [-0.2, -0.15) is 0 Å². The molecule has 102 valence electrons. The van der Waals surface area contributed by atoms with Gasteiger partial charge in [-0.05, 0) is 18.6 Å². The molecule has 1 fully saturated rings. The standard InChI is InChI=1S/C14H17NO4/c1-10-9-15(6-7-19-10)13(16)8-11-4-2-3-5-12(11)14(17)18/h2-5,10H,6-9H2,1H3,(H,17,18). The predicted molar refractivity (Wildman–Crippen MR) is 69.1 cm³/mol. The summed E-state index contributed by atoms with van der Waals surface area (Å²) < 4.78 is 5.38. The Balaban J connectivity index is 2.08. The molecule has 1 aromatic carbocycles. The maximum absolute atomic E-state index is 12.2. The van der Waals surface area contributed by atoms with Crippen LogP contribution in [0.1, 0.15) is 22.8 Å². The van der Waals surface area contributed by atoms with E-state index in [0.717, 1.165) is 0 Å². The second-order valence-corrected chi connectivity index (χ2v) is 4.66. The number of nitrogens with zero attached hydrogens (tertiary/aromatic N) is 1. The van der Waals surface area contributed by atoms with E-state index in [9.17, 15) is 9.59 Å². The Bertz CT molecular complexity index is 486. The van der Waals surface area contributed by atoms with Crippen LogP contribution in [-0.2, 0) is 16.0 Å². The summed E-state index contributed by atoms with van der Waals surface area (Å²) in [6.45, 7) is 3.59. The first kappa shape index (κ1) is 13.5. The summed E-state index contributed by atoms with van der Waals surface area (Å²) in [6, 6.07) is 6.61. The van der Waals surface area contributed by atoms with Crippen LogP contribution in [0.2, 0.25) is 0 Å². The lowest BCUT2D eigenvalue weighted by Gasteiger charge is -2.31. The molecule has 2 rings (SSSR count). The molecule has 1 aromatic rings. The Morgan fingerprint density at radius 2 is 2.16 bits per heavy atom. The summed E-state index contributed by atoms with van der Waals surface area (Å²) >= 11 is 0. The summed E-state index contributed by atoms with van der Waals surface area (Å²) in [5, 5.41) is 9.09. The van der Waals surface area contributed by atoms with Gasteiger partial charge >= 0.3 is 5.97 Å². The van der Waals surface area contributed by atoms with E-state index in [0.29, 0.717) is 25.3 Å². The molecule has 19 heavy (non-hydrogen) atoms. The Morgan fingerprint density at radius 1 is 1.42 bits per heavy atom. The molecule has 1 amide bonds. The first-order chi connectivity index (χ1) is 9.08. The number of carboxylic acids is 1. The molecule has 1 heterocycles. The Kier molecular flexibility index (Phi) is 4.16. The van der Waals surface area contributed by atoms with Crippen LogP contribution in [0, 0.1) is 0 Å². The fourth-order valence-electron chi connectivity index (χ4n) is 2.20. The van der Waals surface area contributed by atoms with E-state index in [4.69, 9.17) is 9.84 Å². The normalized spacial score (nSPS) is 19.2. The van der Waals surface area contributed by atoms with Crippen LogP contribution in [-0.4, -0.2) is 47.7 Å². The van der Waals surface area contributed by atoms with Crippen LogP contribution in [0.25, 0.3) is 0 Å². The summed E-state index contributed by atoms with van der Waals surface area (Å²) in [6.07, 6.45) is 0.155. The molecule has 1 atom stereocenters. The van der Waals surface area contributed by atoms with Crippen molar-refractivity contribution < 1.29 is 19.4 Å². The van der Waals surface area contributed by atoms with Crippen molar-refractivity contribution in [1.82, 2.24) is 4.90 Å². The van der Waals surface area contributed by atoms with Gasteiger partial charge in [-0.15, -0.1) is 0 Å². The van der Waals surface area contributed by atoms with Gasteiger partial charge in [0.05, 0.1) is 24.7 Å². The molecular formula is C14H17NO4. The Labute approximate surface area is 111 Å². The van der Waals surface area contributed by atoms with Gasteiger partial charge < -0.3 is 14.7 Å². The third kappa shape index (κ3) is 3.32. The van der Waals surface area contributed by atoms with Gasteiger partial charge in [0.1, 0.15) is 0 Å². The Hall–Kier alpha value is -1.88. The number of rotatable bonds is 3. The highest BCUT2D eigenvalue weighted by molar-refractivity contribution is 5.91. The summed E-state index contributed by atoms with van der Waals surface area (Å²) in [5.74, 6) is -1.05. The van der Waals surface area contributed by atoms with E-state index in [1.165, 1.54) is 6.07 Å². The number of carbonyl (C=O) groups is 2. The Morgan fingerprint density at radius 3 is 2.84 bits per heavy atom. The maximum Gasteiger partial charge on any atom is 0.335 e. The van der Waals surface area contributed by atoms with Crippen LogP contribution >= 0.6 is 0 Å². The van der Waals surface area contributed by atoms with Crippen LogP contribution < -0.4 is 0 Å². The van der Waals surface area contributed by atoms with Crippen molar-refractivity contribution in [2.24, 2.45) is 0 Å². The molecule has 1 aliphatic heterocycles. The molecule has 0 saturated carbocycles. The number of hydrogen-bond donors (Lipinski definition) is 1. The number of hydrogen-bond acceptors (Lipinski definition) is 3. The van der Waals surface area contributed by atoms with Crippen LogP contribution in [0.4, 0.5) is 0 Å². The molecule has 0 radical (unpaired) electrons. The summed E-state index contributed by atoms with van der Waals surface area (Å²) in [5.41, 5.74) is 0.747. The third-order valence-corrected chi connectivity index (χ3v) is 3.18. The lowest BCUT2D eigenvalue weighted by Crippen LogP contribution is -2.45. The molecule has 1 aliphatic rings. The minimum atomic E-state index is -1.00. The predicted octanol–water partition coefficient (Wildman–Crippen LogP) is 1.17. The summed E-state index contributed by atoms with van der Waals surface area (Å²) in [7, 11) is 0. The van der Waals surface area contributed by atoms with E-state index in [1.54, 1.807) is 23.1 Å². The van der Waals surface area contributed by atoms with Gasteiger partial charge in [-0.3, -0.25) is 4.79 Å². The zero-order valence-electron chi connectivity index (χ0n) is 10.8. The number of morpholine rings is 1. The topological polar surface area (TPSA) is 66.8 Å². The van der Waals surface area contributed by atoms with Crippen molar-refractivity contribution in [1.29, 1.82) is 0 Å². The zero-order valence-corrected chi connectivity index (χ0v) is 10.8. The molecule has 1 N–H and O–H groups in total. The maximum atomic E-state index is 12.2. The molecule has 0 aromatic heterocycles. The molecule has 0 spiro atoms. The van der Waals surface area contributed by atoms with Gasteiger partial charge in [-0.1, -0.05) is 18.2 Å². The van der Waals surface area contributed by atoms with E-state index < -0.39 is 5.97 Å². The number of aromatic carboxylic acids is 1. The van der Waals surface area contributed by atoms with E-state index in [2.05, 4.69) is 0 Å². The second kappa shape index (κ2) is 5.84. The lowest BCUT2D eigenvalue weighted by molar-refractivity contribution is -0.137. The third-order valence-electron chi connectivity index (χ3n) is 3.18. The molecule has 5 nitrogen and oxygen atoms in total. The van der Waals surface area contributed by atoms with Gasteiger partial charge in [0.15, 0.2) is 0 Å². The minimum absolute atomic E-state index is 0.0346. The second-order valence-electron chi connectivity index (χ2n) is 4.66. The molecule has 0 aliphatic carbocycles. The zero-order chi connectivity index (χ0) is 13.8. The molecule has 5 heteroatoms. The molecular weight excluding hydrogens is 246 g/mol. The first-order valence-electron chi connectivity index (χ1n) is 6.28. The average Bonchev–Trinajstić information content (AvgIpc) is 2.39. The quantitative estimate of drug-likeness (QED) is 0.889. The number of amides is 1. The lowest BCUT2D eigenvalue weighted by atomic mass is 10.0. The van der Waals surface area contributed by atoms with Crippen molar-refractivity contribution in [2.45, 2.75) is 19.4 Å². The number of carboxylic acid groups (broad SMARTS) is 1. The van der Waals surface area contributed by atoms with Crippen LogP contribution in [0.3, 0.4) is 0 Å². The highest BCUT2D eigenvalue weighted by Gasteiger charge is 2.22. The van der Waals surface area contributed by atoms with Crippen molar-refractivity contribution >= 4 is 11.9 Å². The smallest absolute Gasteiger partial charge is 0.335 e. The highest BCUT2D eigenvalue weighted by Crippen LogP contribution is 2.13. The van der Waals surface area contributed by atoms with E-state index in [1.807, 2.05) is 6.92 Å². The average molecular weight is 263 g/mol. The highest BCUT2D eigenvalue weighted by atomic mass is 16.5. The fourth-order valence-corrected chi connectivity index (χ4v) is 2.20. The van der Waals surface area contributed by atoms with Crippen molar-refractivity contribution in [3.05, 3.63) is 35.4 Å². The number of carbonyl (C=O) groups excluding carboxylic acids is 1.